The lowest BCUT2D eigenvalue weighted by atomic mass is 10.1. The zero-order valence-corrected chi connectivity index (χ0v) is 8.64. The van der Waals surface area contributed by atoms with E-state index in [0.29, 0.717) is 11.1 Å². The number of carbonyl (C=O) groups is 1. The molecular weight excluding hydrogens is 209 g/mol. The molecule has 2 rings (SSSR count). The summed E-state index contributed by atoms with van der Waals surface area (Å²) in [6.45, 7) is 0. The van der Waals surface area contributed by atoms with Crippen LogP contribution < -0.4 is 5.73 Å². The van der Waals surface area contributed by atoms with Crippen molar-refractivity contribution in [2.75, 3.05) is 0 Å². The second-order valence-corrected chi connectivity index (χ2v) is 3.46. The third-order valence-corrected chi connectivity index (χ3v) is 2.27. The first-order valence-corrected chi connectivity index (χ1v) is 4.66. The Kier molecular flexibility index (Phi) is 2.44. The molecule has 0 saturated carbocycles. The molecule has 0 spiro atoms. The fourth-order valence-electron chi connectivity index (χ4n) is 1.46. The lowest BCUT2D eigenvalue weighted by Gasteiger charge is -2.01. The number of primary amides is 1. The summed E-state index contributed by atoms with van der Waals surface area (Å²) < 4.78 is 15.2. The lowest BCUT2D eigenvalue weighted by molar-refractivity contribution is 0.1000. The first-order chi connectivity index (χ1) is 7.58. The Bertz CT molecular complexity index is 548. The van der Waals surface area contributed by atoms with E-state index in [1.807, 2.05) is 0 Å². The van der Waals surface area contributed by atoms with Gasteiger partial charge in [-0.2, -0.15) is 5.10 Å². The quantitative estimate of drug-likeness (QED) is 0.828. The average Bonchev–Trinajstić information content (AvgIpc) is 2.64. The largest absolute Gasteiger partial charge is 0.366 e. The molecule has 0 fully saturated rings. The van der Waals surface area contributed by atoms with Crippen LogP contribution in [0.3, 0.4) is 0 Å². The highest BCUT2D eigenvalue weighted by molar-refractivity contribution is 5.93. The molecular formula is C11H10FN3O. The van der Waals surface area contributed by atoms with E-state index in [-0.39, 0.29) is 5.56 Å². The minimum atomic E-state index is -0.642. The maximum absolute atomic E-state index is 13.7. The molecule has 0 atom stereocenters. The van der Waals surface area contributed by atoms with E-state index < -0.39 is 11.7 Å². The number of nitrogens with zero attached hydrogens (tertiary/aromatic N) is 2. The van der Waals surface area contributed by atoms with E-state index >= 15 is 0 Å². The molecule has 2 aromatic rings. The molecule has 0 aliphatic rings. The van der Waals surface area contributed by atoms with E-state index in [4.69, 9.17) is 5.73 Å². The van der Waals surface area contributed by atoms with Crippen LogP contribution in [0.15, 0.2) is 30.6 Å². The second kappa shape index (κ2) is 3.77. The maximum Gasteiger partial charge on any atom is 0.248 e. The summed E-state index contributed by atoms with van der Waals surface area (Å²) in [5.41, 5.74) is 6.27. The molecule has 0 radical (unpaired) electrons. The van der Waals surface area contributed by atoms with Crippen molar-refractivity contribution in [2.45, 2.75) is 0 Å². The number of aryl methyl sites for hydroxylation is 1. The van der Waals surface area contributed by atoms with E-state index in [1.54, 1.807) is 24.1 Å². The van der Waals surface area contributed by atoms with Gasteiger partial charge in [-0.05, 0) is 12.1 Å². The highest BCUT2D eigenvalue weighted by Gasteiger charge is 2.09. The number of rotatable bonds is 2. The van der Waals surface area contributed by atoms with Gasteiger partial charge in [0.25, 0.3) is 0 Å². The predicted molar refractivity (Wildman–Crippen MR) is 57.1 cm³/mol. The van der Waals surface area contributed by atoms with Crippen LogP contribution in [0, 0.1) is 5.82 Å². The van der Waals surface area contributed by atoms with Crippen molar-refractivity contribution < 1.29 is 9.18 Å². The van der Waals surface area contributed by atoms with Gasteiger partial charge in [0.2, 0.25) is 5.91 Å². The minimum Gasteiger partial charge on any atom is -0.366 e. The third-order valence-electron chi connectivity index (χ3n) is 2.27. The van der Waals surface area contributed by atoms with Crippen LogP contribution >= 0.6 is 0 Å². The highest BCUT2D eigenvalue weighted by Crippen LogP contribution is 2.22. The molecule has 0 unspecified atom stereocenters. The Labute approximate surface area is 91.5 Å². The SMILES string of the molecule is Cn1cc(-c2ccc(C(N)=O)cc2F)cn1. The summed E-state index contributed by atoms with van der Waals surface area (Å²) in [6.07, 6.45) is 3.25. The summed E-state index contributed by atoms with van der Waals surface area (Å²) in [6, 6.07) is 4.14. The summed E-state index contributed by atoms with van der Waals surface area (Å²) in [4.78, 5) is 10.8. The molecule has 1 aromatic heterocycles. The number of halogens is 1. The summed E-state index contributed by atoms with van der Waals surface area (Å²) >= 11 is 0. The number of carbonyl (C=O) groups excluding carboxylic acids is 1. The fraction of sp³-hybridized carbons (Fsp3) is 0.0909. The maximum atomic E-state index is 13.7. The van der Waals surface area contributed by atoms with Crippen LogP contribution in [0.4, 0.5) is 4.39 Å². The van der Waals surface area contributed by atoms with Crippen molar-refractivity contribution >= 4 is 5.91 Å². The smallest absolute Gasteiger partial charge is 0.248 e. The molecule has 16 heavy (non-hydrogen) atoms. The van der Waals surface area contributed by atoms with Gasteiger partial charge < -0.3 is 5.73 Å². The molecule has 0 saturated heterocycles. The van der Waals surface area contributed by atoms with Crippen LogP contribution in [0.2, 0.25) is 0 Å². The van der Waals surface area contributed by atoms with Gasteiger partial charge in [0, 0.05) is 29.9 Å². The van der Waals surface area contributed by atoms with Gasteiger partial charge in [0.05, 0.1) is 6.20 Å². The van der Waals surface area contributed by atoms with Crippen LogP contribution in [0.25, 0.3) is 11.1 Å². The van der Waals surface area contributed by atoms with Gasteiger partial charge in [0.15, 0.2) is 0 Å². The Balaban J connectivity index is 2.47. The number of amides is 1. The Morgan fingerprint density at radius 1 is 1.50 bits per heavy atom. The third kappa shape index (κ3) is 1.79. The first-order valence-electron chi connectivity index (χ1n) is 4.66. The van der Waals surface area contributed by atoms with Crippen molar-refractivity contribution in [1.29, 1.82) is 0 Å². The Morgan fingerprint density at radius 2 is 2.25 bits per heavy atom. The van der Waals surface area contributed by atoms with E-state index in [0.717, 1.165) is 6.07 Å². The predicted octanol–water partition coefficient (Wildman–Crippen LogP) is 1.33. The summed E-state index contributed by atoms with van der Waals surface area (Å²) in [5, 5.41) is 3.95. The number of hydrogen-bond acceptors (Lipinski definition) is 2. The second-order valence-electron chi connectivity index (χ2n) is 3.46. The van der Waals surface area contributed by atoms with Crippen molar-refractivity contribution in [3.8, 4) is 11.1 Å². The van der Waals surface area contributed by atoms with Gasteiger partial charge in [-0.3, -0.25) is 9.48 Å². The first kappa shape index (κ1) is 10.4. The zero-order valence-electron chi connectivity index (χ0n) is 8.64. The van der Waals surface area contributed by atoms with Gasteiger partial charge in [-0.15, -0.1) is 0 Å². The van der Waals surface area contributed by atoms with Crippen molar-refractivity contribution in [2.24, 2.45) is 12.8 Å². The molecule has 5 heteroatoms. The normalized spacial score (nSPS) is 10.4. The van der Waals surface area contributed by atoms with E-state index in [9.17, 15) is 9.18 Å². The molecule has 1 amide bonds. The van der Waals surface area contributed by atoms with E-state index in [1.165, 1.54) is 12.1 Å². The van der Waals surface area contributed by atoms with Crippen molar-refractivity contribution in [3.05, 3.63) is 42.0 Å². The number of benzene rings is 1. The molecule has 0 aliphatic carbocycles. The van der Waals surface area contributed by atoms with E-state index in [2.05, 4.69) is 5.10 Å². The molecule has 1 heterocycles. The van der Waals surface area contributed by atoms with Gasteiger partial charge in [-0.25, -0.2) is 4.39 Å². The van der Waals surface area contributed by atoms with Gasteiger partial charge >= 0.3 is 0 Å². The number of nitrogens with two attached hydrogens (primary N) is 1. The highest BCUT2D eigenvalue weighted by atomic mass is 19.1. The van der Waals surface area contributed by atoms with Crippen LogP contribution in [-0.2, 0) is 7.05 Å². The fourth-order valence-corrected chi connectivity index (χ4v) is 1.46. The molecule has 0 bridgehead atoms. The van der Waals surface area contributed by atoms with Gasteiger partial charge in [-0.1, -0.05) is 6.07 Å². The van der Waals surface area contributed by atoms with Gasteiger partial charge in [0.1, 0.15) is 5.82 Å². The van der Waals surface area contributed by atoms with Crippen molar-refractivity contribution in [3.63, 3.8) is 0 Å². The van der Waals surface area contributed by atoms with Crippen LogP contribution in [0.1, 0.15) is 10.4 Å². The monoisotopic (exact) mass is 219 g/mol. The standard InChI is InChI=1S/C11H10FN3O/c1-15-6-8(5-14-15)9-3-2-7(11(13)16)4-10(9)12/h2-6H,1H3,(H2,13,16). The summed E-state index contributed by atoms with van der Waals surface area (Å²) in [5.74, 6) is -1.12. The van der Waals surface area contributed by atoms with Crippen molar-refractivity contribution in [1.82, 2.24) is 9.78 Å². The lowest BCUT2D eigenvalue weighted by Crippen LogP contribution is -2.11. The Morgan fingerprint density at radius 3 is 2.75 bits per heavy atom. The van der Waals surface area contributed by atoms with Crippen LogP contribution in [-0.4, -0.2) is 15.7 Å². The molecule has 2 N–H and O–H groups in total. The minimum absolute atomic E-state index is 0.158. The summed E-state index contributed by atoms with van der Waals surface area (Å²) in [7, 11) is 1.75. The Hall–Kier alpha value is -2.17. The topological polar surface area (TPSA) is 60.9 Å². The number of hydrogen-bond donors (Lipinski definition) is 1. The van der Waals surface area contributed by atoms with Crippen LogP contribution in [0.5, 0.6) is 0 Å². The molecule has 0 aliphatic heterocycles. The average molecular weight is 219 g/mol. The molecule has 4 nitrogen and oxygen atoms in total. The molecule has 1 aromatic carbocycles. The molecule has 82 valence electrons. The number of aromatic nitrogens is 2. The zero-order chi connectivity index (χ0) is 11.7.